The molecule has 0 amide bonds. The van der Waals surface area contributed by atoms with Gasteiger partial charge in [-0.15, -0.1) is 0 Å². The number of rotatable bonds is 50. The molecule has 0 saturated heterocycles. The van der Waals surface area contributed by atoms with Crippen LogP contribution in [0.5, 0.6) is 0 Å². The monoisotopic (exact) mass is 969 g/mol. The van der Waals surface area contributed by atoms with Crippen molar-refractivity contribution in [2.45, 2.75) is 252 Å². The third-order valence-electron chi connectivity index (χ3n) is 11.7. The highest BCUT2D eigenvalue weighted by Gasteiger charge is 2.19. The van der Waals surface area contributed by atoms with E-state index in [1.165, 1.54) is 70.6 Å². The average Bonchev–Trinajstić information content (AvgIpc) is 3.36. The maximum absolute atomic E-state index is 12.8. The third kappa shape index (κ3) is 54.7. The highest BCUT2D eigenvalue weighted by Crippen LogP contribution is 2.14. The molecule has 70 heavy (non-hydrogen) atoms. The summed E-state index contributed by atoms with van der Waals surface area (Å²) in [4.78, 5) is 38.0. The zero-order valence-corrected chi connectivity index (χ0v) is 45.2. The SMILES string of the molecule is CC/C=C\C/C=C\C/C=C\C/C=C\C/C=C\CCCCCCCCCCCC(=O)OCC(COC(=O)CCCCCCCCCC)OC(=O)CCCCC/C=C\C/C=C\C/C=C\C/C=C\C/C=C\CC. The van der Waals surface area contributed by atoms with Crippen molar-refractivity contribution < 1.29 is 28.6 Å². The van der Waals surface area contributed by atoms with Gasteiger partial charge in [-0.25, -0.2) is 0 Å². The largest absolute Gasteiger partial charge is 0.462 e. The fourth-order valence-corrected chi connectivity index (χ4v) is 7.49. The minimum absolute atomic E-state index is 0.0949. The van der Waals surface area contributed by atoms with Crippen molar-refractivity contribution in [3.05, 3.63) is 122 Å². The number of unbranched alkanes of at least 4 members (excludes halogenated alkanes) is 19. The molecule has 0 bridgehead atoms. The van der Waals surface area contributed by atoms with E-state index in [2.05, 4.69) is 142 Å². The molecule has 6 heteroatoms. The Kier molecular flexibility index (Phi) is 54.0. The summed E-state index contributed by atoms with van der Waals surface area (Å²) in [7, 11) is 0. The lowest BCUT2D eigenvalue weighted by Crippen LogP contribution is -2.30. The number of esters is 3. The highest BCUT2D eigenvalue weighted by molar-refractivity contribution is 5.71. The van der Waals surface area contributed by atoms with E-state index in [1.54, 1.807) is 0 Å². The summed E-state index contributed by atoms with van der Waals surface area (Å²) in [6.45, 7) is 6.34. The van der Waals surface area contributed by atoms with Gasteiger partial charge in [0, 0.05) is 19.3 Å². The molecule has 0 spiro atoms. The zero-order valence-electron chi connectivity index (χ0n) is 45.2. The maximum atomic E-state index is 12.8. The van der Waals surface area contributed by atoms with Crippen molar-refractivity contribution in [2.75, 3.05) is 13.2 Å². The Balaban J connectivity index is 4.31. The molecule has 0 aromatic heterocycles. The Labute approximate surface area is 431 Å². The summed E-state index contributed by atoms with van der Waals surface area (Å²) in [5.74, 6) is -0.941. The third-order valence-corrected chi connectivity index (χ3v) is 11.7. The van der Waals surface area contributed by atoms with Gasteiger partial charge in [-0.2, -0.15) is 0 Å². The molecule has 0 heterocycles. The van der Waals surface area contributed by atoms with Crippen LogP contribution in [0.4, 0.5) is 0 Å². The van der Waals surface area contributed by atoms with Gasteiger partial charge in [-0.05, 0) is 109 Å². The van der Waals surface area contributed by atoms with Crippen LogP contribution in [0.15, 0.2) is 122 Å². The second-order valence-electron chi connectivity index (χ2n) is 18.4. The highest BCUT2D eigenvalue weighted by atomic mass is 16.6. The van der Waals surface area contributed by atoms with Gasteiger partial charge < -0.3 is 14.2 Å². The quantitative estimate of drug-likeness (QED) is 0.0262. The lowest BCUT2D eigenvalue weighted by molar-refractivity contribution is -0.167. The molecular weight excluding hydrogens is 865 g/mol. The number of hydrogen-bond donors (Lipinski definition) is 0. The number of hydrogen-bond acceptors (Lipinski definition) is 6. The molecule has 0 N–H and O–H groups in total. The molecule has 0 saturated carbocycles. The molecule has 396 valence electrons. The van der Waals surface area contributed by atoms with Gasteiger partial charge >= 0.3 is 17.9 Å². The van der Waals surface area contributed by atoms with E-state index in [0.717, 1.165) is 135 Å². The van der Waals surface area contributed by atoms with Crippen LogP contribution in [-0.2, 0) is 28.6 Å². The summed E-state index contributed by atoms with van der Waals surface area (Å²) < 4.78 is 16.8. The number of carbonyl (C=O) groups is 3. The molecule has 0 aliphatic carbocycles. The molecule has 1 atom stereocenters. The van der Waals surface area contributed by atoms with E-state index in [1.807, 2.05) is 0 Å². The molecule has 1 unspecified atom stereocenters. The standard InChI is InChI=1S/C64H104O6/c1-4-7-10-13-16-19-21-23-25-27-29-30-31-32-33-34-36-37-39-41-43-45-48-51-54-57-63(66)69-60-61(59-68-62(65)56-53-50-47-18-15-12-9-6-3)70-64(67)58-55-52-49-46-44-42-40-38-35-28-26-24-22-20-17-14-11-8-5-2/h7-8,10-11,16-17,19-20,23-26,29-30,32-33,35,38,42,44,61H,4-6,9,12-15,18,21-22,27-28,31,34,36-37,39-41,43,45-60H2,1-3H3/b10-7-,11-8-,19-16-,20-17-,25-23-,26-24-,30-29-,33-32-,38-35-,44-42-. The molecule has 0 aromatic rings. The first-order valence-electron chi connectivity index (χ1n) is 28.5. The number of ether oxygens (including phenoxy) is 3. The second-order valence-corrected chi connectivity index (χ2v) is 18.4. The minimum Gasteiger partial charge on any atom is -0.462 e. The van der Waals surface area contributed by atoms with Crippen LogP contribution in [0.1, 0.15) is 245 Å². The van der Waals surface area contributed by atoms with Gasteiger partial charge in [-0.1, -0.05) is 239 Å². The summed E-state index contributed by atoms with van der Waals surface area (Å²) in [5, 5.41) is 0. The van der Waals surface area contributed by atoms with Crippen LogP contribution in [0.2, 0.25) is 0 Å². The first-order chi connectivity index (χ1) is 34.5. The van der Waals surface area contributed by atoms with E-state index in [4.69, 9.17) is 14.2 Å². The van der Waals surface area contributed by atoms with Crippen molar-refractivity contribution in [3.8, 4) is 0 Å². The molecule has 0 radical (unpaired) electrons. The molecule has 0 aliphatic rings. The summed E-state index contributed by atoms with van der Waals surface area (Å²) in [6, 6.07) is 0. The van der Waals surface area contributed by atoms with Gasteiger partial charge in [0.05, 0.1) is 0 Å². The number of allylic oxidation sites excluding steroid dienone is 20. The van der Waals surface area contributed by atoms with E-state index in [0.29, 0.717) is 12.8 Å². The molecule has 0 aliphatic heterocycles. The topological polar surface area (TPSA) is 78.9 Å². The van der Waals surface area contributed by atoms with Crippen LogP contribution >= 0.6 is 0 Å². The van der Waals surface area contributed by atoms with Crippen molar-refractivity contribution >= 4 is 17.9 Å². The van der Waals surface area contributed by atoms with Gasteiger partial charge in [-0.3, -0.25) is 14.4 Å². The maximum Gasteiger partial charge on any atom is 0.306 e. The zero-order chi connectivity index (χ0) is 50.7. The fraction of sp³-hybridized carbons (Fsp3) is 0.641. The van der Waals surface area contributed by atoms with Crippen LogP contribution in [0, 0.1) is 0 Å². The van der Waals surface area contributed by atoms with E-state index >= 15 is 0 Å². The molecular formula is C64H104O6. The predicted molar refractivity (Wildman–Crippen MR) is 302 cm³/mol. The van der Waals surface area contributed by atoms with Crippen LogP contribution in [0.3, 0.4) is 0 Å². The number of carbonyl (C=O) groups excluding carboxylic acids is 3. The van der Waals surface area contributed by atoms with Crippen LogP contribution < -0.4 is 0 Å². The van der Waals surface area contributed by atoms with Gasteiger partial charge in [0.1, 0.15) is 13.2 Å². The summed E-state index contributed by atoms with van der Waals surface area (Å²) >= 11 is 0. The summed E-state index contributed by atoms with van der Waals surface area (Å²) in [5.41, 5.74) is 0. The minimum atomic E-state index is -0.799. The van der Waals surface area contributed by atoms with E-state index in [-0.39, 0.29) is 37.5 Å². The molecule has 6 nitrogen and oxygen atoms in total. The van der Waals surface area contributed by atoms with Gasteiger partial charge in [0.25, 0.3) is 0 Å². The first-order valence-corrected chi connectivity index (χ1v) is 28.5. The van der Waals surface area contributed by atoms with Crippen molar-refractivity contribution in [3.63, 3.8) is 0 Å². The van der Waals surface area contributed by atoms with Crippen LogP contribution in [-0.4, -0.2) is 37.2 Å². The second kappa shape index (κ2) is 57.4. The first kappa shape index (κ1) is 65.8. The lowest BCUT2D eigenvalue weighted by Gasteiger charge is -2.18. The van der Waals surface area contributed by atoms with E-state index < -0.39 is 6.10 Å². The Morgan fingerprint density at radius 1 is 0.300 bits per heavy atom. The Bertz CT molecular complexity index is 1490. The smallest absolute Gasteiger partial charge is 0.306 e. The van der Waals surface area contributed by atoms with Crippen LogP contribution in [0.25, 0.3) is 0 Å². The molecule has 0 rings (SSSR count). The lowest BCUT2D eigenvalue weighted by atomic mass is 10.1. The van der Waals surface area contributed by atoms with E-state index in [9.17, 15) is 14.4 Å². The predicted octanol–water partition coefficient (Wildman–Crippen LogP) is 19.3. The Morgan fingerprint density at radius 3 is 0.886 bits per heavy atom. The van der Waals surface area contributed by atoms with Gasteiger partial charge in [0.15, 0.2) is 6.10 Å². The molecule has 0 fully saturated rings. The summed E-state index contributed by atoms with van der Waals surface area (Å²) in [6.07, 6.45) is 79.2. The van der Waals surface area contributed by atoms with Crippen molar-refractivity contribution in [2.24, 2.45) is 0 Å². The Hall–Kier alpha value is -4.19. The van der Waals surface area contributed by atoms with Crippen molar-refractivity contribution in [1.29, 1.82) is 0 Å². The fourth-order valence-electron chi connectivity index (χ4n) is 7.49. The van der Waals surface area contributed by atoms with Gasteiger partial charge in [0.2, 0.25) is 0 Å². The Morgan fingerprint density at radius 2 is 0.557 bits per heavy atom. The normalized spacial score (nSPS) is 13.0. The van der Waals surface area contributed by atoms with Crippen molar-refractivity contribution in [1.82, 2.24) is 0 Å². The average molecular weight is 970 g/mol. The molecule has 0 aromatic carbocycles.